The Hall–Kier alpha value is -4.31. The number of anilines is 1. The third kappa shape index (κ3) is 3.74. The fourth-order valence-corrected chi connectivity index (χ4v) is 3.82. The number of carbonyl (C=O) groups is 1. The molecule has 0 bridgehead atoms. The van der Waals surface area contributed by atoms with Gasteiger partial charge in [0.1, 0.15) is 16.9 Å². The van der Waals surface area contributed by atoms with Crippen LogP contribution in [0, 0.1) is 0 Å². The van der Waals surface area contributed by atoms with Crippen molar-refractivity contribution in [3.63, 3.8) is 0 Å². The van der Waals surface area contributed by atoms with E-state index in [4.69, 9.17) is 9.15 Å². The molecule has 4 aromatic carbocycles. The van der Waals surface area contributed by atoms with E-state index in [0.29, 0.717) is 22.6 Å². The van der Waals surface area contributed by atoms with Gasteiger partial charge in [-0.2, -0.15) is 0 Å². The maximum atomic E-state index is 13.4. The Labute approximate surface area is 185 Å². The van der Waals surface area contributed by atoms with Crippen molar-refractivity contribution in [1.29, 1.82) is 0 Å². The van der Waals surface area contributed by atoms with Crippen molar-refractivity contribution in [2.24, 2.45) is 0 Å². The first-order chi connectivity index (χ1) is 15.7. The lowest BCUT2D eigenvalue weighted by molar-refractivity contribution is -0.111. The van der Waals surface area contributed by atoms with E-state index in [2.05, 4.69) is 5.32 Å². The van der Waals surface area contributed by atoms with Crippen LogP contribution in [0.1, 0.15) is 11.1 Å². The largest absolute Gasteiger partial charge is 0.495 e. The monoisotopic (exact) mass is 419 g/mol. The van der Waals surface area contributed by atoms with Gasteiger partial charge in [-0.3, -0.25) is 4.79 Å². The molecule has 0 atom stereocenters. The average molecular weight is 419 g/mol. The molecule has 0 saturated heterocycles. The molecule has 0 spiro atoms. The second-order valence-electron chi connectivity index (χ2n) is 7.44. The van der Waals surface area contributed by atoms with E-state index in [9.17, 15) is 4.79 Å². The van der Waals surface area contributed by atoms with Crippen molar-refractivity contribution in [3.05, 3.63) is 108 Å². The van der Waals surface area contributed by atoms with Gasteiger partial charge >= 0.3 is 0 Å². The van der Waals surface area contributed by atoms with Gasteiger partial charge in [0.15, 0.2) is 0 Å². The molecular weight excluding hydrogens is 398 g/mol. The van der Waals surface area contributed by atoms with Crippen molar-refractivity contribution in [1.82, 2.24) is 0 Å². The number of carbonyl (C=O) groups excluding carboxylic acids is 1. The molecule has 0 aliphatic rings. The van der Waals surface area contributed by atoms with Gasteiger partial charge in [-0.1, -0.05) is 78.9 Å². The van der Waals surface area contributed by atoms with Crippen LogP contribution in [0.5, 0.6) is 5.75 Å². The average Bonchev–Trinajstić information content (AvgIpc) is 3.20. The van der Waals surface area contributed by atoms with Gasteiger partial charge < -0.3 is 14.5 Å². The molecule has 1 amide bonds. The van der Waals surface area contributed by atoms with E-state index in [0.717, 1.165) is 27.5 Å². The van der Waals surface area contributed by atoms with Crippen LogP contribution < -0.4 is 10.1 Å². The summed E-state index contributed by atoms with van der Waals surface area (Å²) < 4.78 is 11.6. The van der Waals surface area contributed by atoms with E-state index < -0.39 is 0 Å². The summed E-state index contributed by atoms with van der Waals surface area (Å²) in [5.41, 5.74) is 4.37. The number of rotatable bonds is 5. The summed E-state index contributed by atoms with van der Waals surface area (Å²) in [4.78, 5) is 13.4. The number of nitrogens with one attached hydrogen (secondary N) is 1. The van der Waals surface area contributed by atoms with Crippen molar-refractivity contribution in [2.45, 2.75) is 0 Å². The Balaban J connectivity index is 1.57. The predicted molar refractivity (Wildman–Crippen MR) is 130 cm³/mol. The molecule has 0 unspecified atom stereocenters. The Morgan fingerprint density at radius 1 is 0.812 bits per heavy atom. The molecule has 32 heavy (non-hydrogen) atoms. The Morgan fingerprint density at radius 2 is 1.50 bits per heavy atom. The molecule has 0 radical (unpaired) electrons. The highest BCUT2D eigenvalue weighted by Crippen LogP contribution is 2.36. The van der Waals surface area contributed by atoms with E-state index in [-0.39, 0.29) is 5.91 Å². The van der Waals surface area contributed by atoms with Gasteiger partial charge in [-0.25, -0.2) is 0 Å². The van der Waals surface area contributed by atoms with Crippen LogP contribution in [-0.4, -0.2) is 13.0 Å². The van der Waals surface area contributed by atoms with Gasteiger partial charge in [0.25, 0.3) is 5.91 Å². The molecule has 0 aliphatic heterocycles. The zero-order valence-corrected chi connectivity index (χ0v) is 17.5. The number of methoxy groups -OCH3 is 1. The van der Waals surface area contributed by atoms with Crippen molar-refractivity contribution in [3.8, 4) is 5.75 Å². The van der Waals surface area contributed by atoms with Gasteiger partial charge in [-0.05, 0) is 29.3 Å². The number of fused-ring (bicyclic) bond motifs is 3. The lowest BCUT2D eigenvalue weighted by Gasteiger charge is -2.13. The number of benzene rings is 4. The Bertz CT molecular complexity index is 1430. The molecule has 1 N–H and O–H groups in total. The van der Waals surface area contributed by atoms with Crippen LogP contribution in [0.2, 0.25) is 0 Å². The Morgan fingerprint density at radius 3 is 2.25 bits per heavy atom. The summed E-state index contributed by atoms with van der Waals surface area (Å²) in [6, 6.07) is 31.0. The minimum absolute atomic E-state index is 0.228. The first-order valence-corrected chi connectivity index (χ1v) is 10.4. The number of hydrogen-bond donors (Lipinski definition) is 1. The third-order valence-corrected chi connectivity index (χ3v) is 5.39. The molecule has 5 aromatic rings. The molecule has 1 heterocycles. The van der Waals surface area contributed by atoms with Gasteiger partial charge in [0.2, 0.25) is 0 Å². The molecule has 4 nitrogen and oxygen atoms in total. The van der Waals surface area contributed by atoms with Crippen LogP contribution in [0.3, 0.4) is 0 Å². The minimum Gasteiger partial charge on any atom is -0.495 e. The summed E-state index contributed by atoms with van der Waals surface area (Å²) in [6.07, 6.45) is 1.89. The zero-order valence-electron chi connectivity index (χ0n) is 17.5. The van der Waals surface area contributed by atoms with E-state index >= 15 is 0 Å². The van der Waals surface area contributed by atoms with Crippen LogP contribution in [0.25, 0.3) is 33.6 Å². The maximum Gasteiger partial charge on any atom is 0.256 e. The smallest absolute Gasteiger partial charge is 0.256 e. The molecular formula is C28H21NO3. The topological polar surface area (TPSA) is 51.5 Å². The summed E-state index contributed by atoms with van der Waals surface area (Å²) >= 11 is 0. The third-order valence-electron chi connectivity index (χ3n) is 5.39. The second kappa shape index (κ2) is 8.44. The molecule has 0 aliphatic carbocycles. The van der Waals surface area contributed by atoms with Crippen LogP contribution >= 0.6 is 0 Å². The summed E-state index contributed by atoms with van der Waals surface area (Å²) in [5, 5.41) is 4.97. The van der Waals surface area contributed by atoms with E-state index in [1.165, 1.54) is 0 Å². The van der Waals surface area contributed by atoms with E-state index in [1.54, 1.807) is 7.11 Å². The molecule has 4 heteroatoms. The first kappa shape index (κ1) is 19.6. The maximum absolute atomic E-state index is 13.4. The Kier molecular flexibility index (Phi) is 5.18. The van der Waals surface area contributed by atoms with Gasteiger partial charge in [0, 0.05) is 22.4 Å². The second-order valence-corrected chi connectivity index (χ2v) is 7.44. The number of amides is 1. The van der Waals surface area contributed by atoms with Crippen molar-refractivity contribution >= 4 is 45.2 Å². The molecule has 1 aromatic heterocycles. The fraction of sp³-hybridized carbons (Fsp3) is 0.0357. The quantitative estimate of drug-likeness (QED) is 0.252. The van der Waals surface area contributed by atoms with Gasteiger partial charge in [0.05, 0.1) is 12.8 Å². The number of ether oxygens (including phenoxy) is 1. The standard InChI is InChI=1S/C28H21NO3/c1-31-27-17-23-21-14-8-9-15-25(21)32-26(23)18-24(27)29-28(30)22(20-12-6-3-7-13-20)16-19-10-4-2-5-11-19/h2-18H,1H3,(H,29,30). The number of furan rings is 1. The summed E-state index contributed by atoms with van der Waals surface area (Å²) in [7, 11) is 1.59. The highest BCUT2D eigenvalue weighted by molar-refractivity contribution is 6.29. The molecule has 156 valence electrons. The van der Waals surface area contributed by atoms with Crippen LogP contribution in [0.15, 0.2) is 101 Å². The summed E-state index contributed by atoms with van der Waals surface area (Å²) in [5.74, 6) is 0.346. The van der Waals surface area contributed by atoms with Crippen LogP contribution in [-0.2, 0) is 4.79 Å². The van der Waals surface area contributed by atoms with E-state index in [1.807, 2.05) is 103 Å². The predicted octanol–water partition coefficient (Wildman–Crippen LogP) is 6.77. The van der Waals surface area contributed by atoms with Gasteiger partial charge in [-0.15, -0.1) is 0 Å². The lowest BCUT2D eigenvalue weighted by atomic mass is 10.0. The molecule has 5 rings (SSSR count). The highest BCUT2D eigenvalue weighted by atomic mass is 16.5. The van der Waals surface area contributed by atoms with Crippen LogP contribution in [0.4, 0.5) is 5.69 Å². The number of hydrogen-bond acceptors (Lipinski definition) is 3. The SMILES string of the molecule is COc1cc2c(cc1NC(=O)C(=Cc1ccccc1)c1ccccc1)oc1ccccc12. The highest BCUT2D eigenvalue weighted by Gasteiger charge is 2.17. The molecule has 0 saturated carbocycles. The van der Waals surface area contributed by atoms with Crippen molar-refractivity contribution < 1.29 is 13.9 Å². The molecule has 0 fully saturated rings. The lowest BCUT2D eigenvalue weighted by Crippen LogP contribution is -2.14. The fourth-order valence-electron chi connectivity index (χ4n) is 3.82. The number of para-hydroxylation sites is 1. The minimum atomic E-state index is -0.228. The summed E-state index contributed by atoms with van der Waals surface area (Å²) in [6.45, 7) is 0. The van der Waals surface area contributed by atoms with Crippen molar-refractivity contribution in [2.75, 3.05) is 12.4 Å². The normalized spacial score (nSPS) is 11.6. The zero-order chi connectivity index (χ0) is 21.9. The first-order valence-electron chi connectivity index (χ1n) is 10.4.